The summed E-state index contributed by atoms with van der Waals surface area (Å²) in [6, 6.07) is 18.3. The van der Waals surface area contributed by atoms with Gasteiger partial charge in [0.05, 0.1) is 29.3 Å². The van der Waals surface area contributed by atoms with Crippen LogP contribution in [0.4, 0.5) is 10.1 Å². The number of aliphatic hydroxyl groups is 1. The second-order valence-electron chi connectivity index (χ2n) is 6.88. The molecule has 1 heterocycles. The Morgan fingerprint density at radius 1 is 1.03 bits per heavy atom. The van der Waals surface area contributed by atoms with E-state index >= 15 is 0 Å². The average Bonchev–Trinajstić information content (AvgIpc) is 3.06. The highest BCUT2D eigenvalue weighted by Gasteiger charge is 2.47. The molecule has 0 aliphatic carbocycles. The number of halogens is 2. The van der Waals surface area contributed by atoms with Gasteiger partial charge in [0.2, 0.25) is 0 Å². The van der Waals surface area contributed by atoms with Crippen molar-refractivity contribution >= 4 is 34.7 Å². The van der Waals surface area contributed by atoms with Crippen LogP contribution in [0, 0.1) is 5.82 Å². The Morgan fingerprint density at radius 2 is 1.71 bits per heavy atom. The van der Waals surface area contributed by atoms with E-state index in [1.54, 1.807) is 54.6 Å². The van der Waals surface area contributed by atoms with Crippen molar-refractivity contribution in [1.82, 2.24) is 0 Å². The molecule has 0 bridgehead atoms. The van der Waals surface area contributed by atoms with Crippen LogP contribution >= 0.6 is 11.6 Å². The number of hydrogen-bond donors (Lipinski definition) is 1. The van der Waals surface area contributed by atoms with Gasteiger partial charge < -0.3 is 9.84 Å². The molecule has 0 spiro atoms. The highest BCUT2D eigenvalue weighted by molar-refractivity contribution is 6.51. The van der Waals surface area contributed by atoms with Crippen molar-refractivity contribution in [1.29, 1.82) is 0 Å². The molecule has 3 aromatic rings. The van der Waals surface area contributed by atoms with E-state index in [1.165, 1.54) is 24.1 Å². The number of carbonyl (C=O) groups excluding carboxylic acids is 2. The Hall–Kier alpha value is -3.64. The van der Waals surface area contributed by atoms with Crippen LogP contribution in [-0.2, 0) is 9.59 Å². The summed E-state index contributed by atoms with van der Waals surface area (Å²) in [6.45, 7) is 0. The summed E-state index contributed by atoms with van der Waals surface area (Å²) in [5.74, 6) is -2.37. The number of para-hydroxylation sites is 1. The van der Waals surface area contributed by atoms with Crippen molar-refractivity contribution in [3.05, 3.63) is 100 Å². The number of methoxy groups -OCH3 is 1. The summed E-state index contributed by atoms with van der Waals surface area (Å²) in [7, 11) is 1.44. The molecule has 3 aromatic carbocycles. The Bertz CT molecular complexity index is 1210. The maximum atomic E-state index is 13.7. The summed E-state index contributed by atoms with van der Waals surface area (Å²) >= 11 is 5.93. The predicted octanol–water partition coefficient (Wildman–Crippen LogP) is 5.11. The van der Waals surface area contributed by atoms with E-state index in [9.17, 15) is 19.1 Å². The number of ether oxygens (including phenoxy) is 1. The van der Waals surface area contributed by atoms with E-state index in [0.717, 1.165) is 6.07 Å². The van der Waals surface area contributed by atoms with E-state index in [1.807, 2.05) is 0 Å². The fourth-order valence-electron chi connectivity index (χ4n) is 3.67. The maximum absolute atomic E-state index is 13.7. The molecule has 0 radical (unpaired) electrons. The van der Waals surface area contributed by atoms with Gasteiger partial charge in [-0.25, -0.2) is 4.39 Å². The number of rotatable bonds is 4. The molecule has 1 amide bonds. The van der Waals surface area contributed by atoms with Gasteiger partial charge in [0.1, 0.15) is 17.3 Å². The minimum Gasteiger partial charge on any atom is -0.507 e. The molecule has 0 saturated carbocycles. The largest absolute Gasteiger partial charge is 0.507 e. The molecular weight excluding hydrogens is 421 g/mol. The van der Waals surface area contributed by atoms with Gasteiger partial charge in [0.15, 0.2) is 0 Å². The lowest BCUT2D eigenvalue weighted by Crippen LogP contribution is -2.29. The SMILES string of the molecule is COc1ccccc1/C(O)=C1\C(=O)C(=O)N(c2ccc(F)c(Cl)c2)C1c1ccccc1. The van der Waals surface area contributed by atoms with Crippen molar-refractivity contribution in [2.45, 2.75) is 6.04 Å². The van der Waals surface area contributed by atoms with E-state index in [4.69, 9.17) is 16.3 Å². The molecule has 1 aliphatic heterocycles. The monoisotopic (exact) mass is 437 g/mol. The lowest BCUT2D eigenvalue weighted by Gasteiger charge is -2.25. The number of anilines is 1. The summed E-state index contributed by atoms with van der Waals surface area (Å²) in [5.41, 5.74) is 1.02. The molecule has 1 aliphatic rings. The molecule has 1 N–H and O–H groups in total. The van der Waals surface area contributed by atoms with E-state index in [2.05, 4.69) is 0 Å². The van der Waals surface area contributed by atoms with Crippen molar-refractivity contribution in [3.8, 4) is 5.75 Å². The number of aliphatic hydroxyl groups excluding tert-OH is 1. The van der Waals surface area contributed by atoms with Gasteiger partial charge >= 0.3 is 0 Å². The van der Waals surface area contributed by atoms with Gasteiger partial charge in [0.25, 0.3) is 11.7 Å². The quantitative estimate of drug-likeness (QED) is 0.350. The fourth-order valence-corrected chi connectivity index (χ4v) is 3.84. The minimum absolute atomic E-state index is 0.0962. The smallest absolute Gasteiger partial charge is 0.300 e. The number of benzene rings is 3. The zero-order chi connectivity index (χ0) is 22.1. The lowest BCUT2D eigenvalue weighted by molar-refractivity contribution is -0.132. The predicted molar refractivity (Wildman–Crippen MR) is 116 cm³/mol. The summed E-state index contributed by atoms with van der Waals surface area (Å²) in [6.07, 6.45) is 0. The van der Waals surface area contributed by atoms with E-state index in [-0.39, 0.29) is 27.6 Å². The normalized spacial score (nSPS) is 17.8. The fraction of sp³-hybridized carbons (Fsp3) is 0.0833. The van der Waals surface area contributed by atoms with Gasteiger partial charge in [-0.2, -0.15) is 0 Å². The number of nitrogens with zero attached hydrogens (tertiary/aromatic N) is 1. The first-order valence-electron chi connectivity index (χ1n) is 9.38. The van der Waals surface area contributed by atoms with Crippen molar-refractivity contribution < 1.29 is 23.8 Å². The molecule has 31 heavy (non-hydrogen) atoms. The Morgan fingerprint density at radius 3 is 2.39 bits per heavy atom. The molecule has 1 atom stereocenters. The van der Waals surface area contributed by atoms with Crippen LogP contribution < -0.4 is 9.64 Å². The van der Waals surface area contributed by atoms with Crippen molar-refractivity contribution in [3.63, 3.8) is 0 Å². The molecule has 5 nitrogen and oxygen atoms in total. The van der Waals surface area contributed by atoms with Crippen LogP contribution in [0.5, 0.6) is 5.75 Å². The second-order valence-corrected chi connectivity index (χ2v) is 7.29. The number of hydrogen-bond acceptors (Lipinski definition) is 4. The van der Waals surface area contributed by atoms with Crippen LogP contribution in [0.15, 0.2) is 78.4 Å². The topological polar surface area (TPSA) is 66.8 Å². The first kappa shape index (κ1) is 20.6. The molecule has 7 heteroatoms. The second kappa shape index (κ2) is 8.24. The third kappa shape index (κ3) is 3.55. The van der Waals surface area contributed by atoms with Crippen LogP contribution in [-0.4, -0.2) is 23.9 Å². The zero-order valence-corrected chi connectivity index (χ0v) is 17.1. The molecule has 1 unspecified atom stereocenters. The lowest BCUT2D eigenvalue weighted by atomic mass is 9.95. The molecule has 1 fully saturated rings. The Labute approximate surface area is 182 Å². The first-order valence-corrected chi connectivity index (χ1v) is 9.76. The minimum atomic E-state index is -0.937. The summed E-state index contributed by atoms with van der Waals surface area (Å²) in [5, 5.41) is 10.9. The molecule has 0 aromatic heterocycles. The number of Topliss-reactive ketones (excluding diaryl/α,β-unsaturated/α-hetero) is 1. The number of carbonyl (C=O) groups is 2. The third-order valence-corrected chi connectivity index (χ3v) is 5.39. The van der Waals surface area contributed by atoms with Gasteiger partial charge in [-0.3, -0.25) is 14.5 Å². The summed E-state index contributed by atoms with van der Waals surface area (Å²) in [4.78, 5) is 27.3. The molecular formula is C24H17ClFNO4. The van der Waals surface area contributed by atoms with Gasteiger partial charge in [-0.05, 0) is 35.9 Å². The number of ketones is 1. The molecule has 156 valence electrons. The average molecular weight is 438 g/mol. The Balaban J connectivity index is 1.97. The highest BCUT2D eigenvalue weighted by atomic mass is 35.5. The highest BCUT2D eigenvalue weighted by Crippen LogP contribution is 2.43. The third-order valence-electron chi connectivity index (χ3n) is 5.10. The van der Waals surface area contributed by atoms with Crippen LogP contribution in [0.2, 0.25) is 5.02 Å². The first-order chi connectivity index (χ1) is 14.9. The maximum Gasteiger partial charge on any atom is 0.300 e. The molecule has 4 rings (SSSR count). The van der Waals surface area contributed by atoms with Crippen molar-refractivity contribution in [2.24, 2.45) is 0 Å². The van der Waals surface area contributed by atoms with Crippen molar-refractivity contribution in [2.75, 3.05) is 12.0 Å². The Kier molecular flexibility index (Phi) is 5.48. The van der Waals surface area contributed by atoms with Gasteiger partial charge in [-0.15, -0.1) is 0 Å². The zero-order valence-electron chi connectivity index (χ0n) is 16.4. The van der Waals surface area contributed by atoms with Gasteiger partial charge in [-0.1, -0.05) is 54.1 Å². The van der Waals surface area contributed by atoms with E-state index in [0.29, 0.717) is 11.3 Å². The van der Waals surface area contributed by atoms with Crippen LogP contribution in [0.25, 0.3) is 5.76 Å². The standard InChI is InChI=1S/C24H17ClFNO4/c1-31-19-10-6-5-9-16(19)22(28)20-21(14-7-3-2-4-8-14)27(24(30)23(20)29)15-11-12-18(26)17(25)13-15/h2-13,21,28H,1H3/b22-20+. The molecule has 1 saturated heterocycles. The van der Waals surface area contributed by atoms with Crippen LogP contribution in [0.1, 0.15) is 17.2 Å². The van der Waals surface area contributed by atoms with Gasteiger partial charge in [0, 0.05) is 5.69 Å². The number of amides is 1. The van der Waals surface area contributed by atoms with Crippen LogP contribution in [0.3, 0.4) is 0 Å². The summed E-state index contributed by atoms with van der Waals surface area (Å²) < 4.78 is 19.0. The van der Waals surface area contributed by atoms with E-state index < -0.39 is 23.5 Å².